The fourth-order valence-electron chi connectivity index (χ4n) is 2.04. The van der Waals surface area contributed by atoms with E-state index in [4.69, 9.17) is 4.42 Å². The van der Waals surface area contributed by atoms with Crippen LogP contribution in [0.3, 0.4) is 0 Å². The predicted octanol–water partition coefficient (Wildman–Crippen LogP) is 3.20. The van der Waals surface area contributed by atoms with Crippen LogP contribution in [0.15, 0.2) is 33.6 Å². The number of carbonyl (C=O) groups excluding carboxylic acids is 1. The Labute approximate surface area is 140 Å². The van der Waals surface area contributed by atoms with Crippen LogP contribution in [0, 0.1) is 20.8 Å². The summed E-state index contributed by atoms with van der Waals surface area (Å²) in [6, 6.07) is 3.23. The van der Waals surface area contributed by atoms with E-state index in [1.165, 1.54) is 12.4 Å². The molecule has 3 heterocycles. The summed E-state index contributed by atoms with van der Waals surface area (Å²) in [5.41, 5.74) is 3.51. The molecule has 0 saturated heterocycles. The van der Waals surface area contributed by atoms with Gasteiger partial charge < -0.3 is 9.73 Å². The monoisotopic (exact) mass is 375 g/mol. The number of hydrogen-bond acceptors (Lipinski definition) is 5. The number of anilines is 1. The van der Waals surface area contributed by atoms with Gasteiger partial charge in [0.15, 0.2) is 10.4 Å². The number of amides is 1. The van der Waals surface area contributed by atoms with E-state index >= 15 is 0 Å². The van der Waals surface area contributed by atoms with Crippen molar-refractivity contribution >= 4 is 27.5 Å². The Morgan fingerprint density at radius 2 is 1.91 bits per heavy atom. The van der Waals surface area contributed by atoms with E-state index in [2.05, 4.69) is 36.3 Å². The van der Waals surface area contributed by atoms with Gasteiger partial charge in [-0.15, -0.1) is 0 Å². The van der Waals surface area contributed by atoms with Gasteiger partial charge in [-0.3, -0.25) is 4.79 Å². The van der Waals surface area contributed by atoms with Crippen molar-refractivity contribution in [2.45, 2.75) is 20.8 Å². The number of rotatable bonds is 3. The normalized spacial score (nSPS) is 10.8. The van der Waals surface area contributed by atoms with Crippen LogP contribution in [-0.4, -0.2) is 25.7 Å². The molecule has 0 atom stereocenters. The van der Waals surface area contributed by atoms with E-state index in [-0.39, 0.29) is 11.7 Å². The van der Waals surface area contributed by atoms with Crippen molar-refractivity contribution in [2.75, 3.05) is 5.32 Å². The smallest absolute Gasteiger partial charge is 0.291 e. The predicted molar refractivity (Wildman–Crippen MR) is 87.7 cm³/mol. The molecule has 0 unspecified atom stereocenters. The van der Waals surface area contributed by atoms with Crippen LogP contribution < -0.4 is 5.32 Å². The first-order valence-electron chi connectivity index (χ1n) is 6.87. The zero-order valence-electron chi connectivity index (χ0n) is 12.8. The lowest BCUT2D eigenvalue weighted by Crippen LogP contribution is -2.12. The van der Waals surface area contributed by atoms with Gasteiger partial charge in [0.2, 0.25) is 0 Å². The molecule has 0 bridgehead atoms. The summed E-state index contributed by atoms with van der Waals surface area (Å²) >= 11 is 3.15. The Balaban J connectivity index is 1.79. The highest BCUT2D eigenvalue weighted by atomic mass is 79.9. The molecule has 0 spiro atoms. The van der Waals surface area contributed by atoms with Gasteiger partial charge >= 0.3 is 0 Å². The molecule has 7 nitrogen and oxygen atoms in total. The van der Waals surface area contributed by atoms with Crippen molar-refractivity contribution in [3.05, 3.63) is 51.9 Å². The van der Waals surface area contributed by atoms with Gasteiger partial charge in [-0.05, 0) is 54.4 Å². The fraction of sp³-hybridized carbons (Fsp3) is 0.200. The fourth-order valence-corrected chi connectivity index (χ4v) is 2.35. The molecule has 1 amide bonds. The number of nitrogens with one attached hydrogen (secondary N) is 1. The largest absolute Gasteiger partial charge is 0.444 e. The third-order valence-corrected chi connectivity index (χ3v) is 3.96. The van der Waals surface area contributed by atoms with Crippen molar-refractivity contribution in [1.82, 2.24) is 19.7 Å². The quantitative estimate of drug-likeness (QED) is 0.759. The van der Waals surface area contributed by atoms with Crippen molar-refractivity contribution < 1.29 is 9.21 Å². The highest BCUT2D eigenvalue weighted by molar-refractivity contribution is 9.10. The second-order valence-corrected chi connectivity index (χ2v) is 5.82. The lowest BCUT2D eigenvalue weighted by atomic mass is 10.2. The SMILES string of the molecule is Cc1nn(-c2ncc(NC(=O)c3ccc(Br)o3)cn2)c(C)c1C. The molecule has 0 aliphatic rings. The Hall–Kier alpha value is -2.48. The minimum absolute atomic E-state index is 0.204. The van der Waals surface area contributed by atoms with Crippen LogP contribution in [0.4, 0.5) is 5.69 Å². The minimum Gasteiger partial charge on any atom is -0.444 e. The van der Waals surface area contributed by atoms with E-state index in [0.29, 0.717) is 16.3 Å². The third kappa shape index (κ3) is 3.02. The molecule has 0 radical (unpaired) electrons. The van der Waals surface area contributed by atoms with Crippen LogP contribution in [0.1, 0.15) is 27.5 Å². The Morgan fingerprint density at radius 1 is 1.22 bits per heavy atom. The van der Waals surface area contributed by atoms with Crippen LogP contribution in [-0.2, 0) is 0 Å². The average Bonchev–Trinajstić information content (AvgIpc) is 3.08. The number of nitrogens with zero attached hydrogens (tertiary/aromatic N) is 4. The highest BCUT2D eigenvalue weighted by Gasteiger charge is 2.13. The molecule has 0 fully saturated rings. The Kier molecular flexibility index (Phi) is 3.99. The maximum Gasteiger partial charge on any atom is 0.291 e. The first kappa shape index (κ1) is 15.4. The third-order valence-electron chi connectivity index (χ3n) is 3.54. The Morgan fingerprint density at radius 3 is 2.43 bits per heavy atom. The molecule has 23 heavy (non-hydrogen) atoms. The van der Waals surface area contributed by atoms with Crippen molar-refractivity contribution in [3.63, 3.8) is 0 Å². The van der Waals surface area contributed by atoms with E-state index < -0.39 is 0 Å². The van der Waals surface area contributed by atoms with Crippen LogP contribution in [0.5, 0.6) is 0 Å². The molecule has 3 rings (SSSR count). The standard InChI is InChI=1S/C15H14BrN5O2/c1-8-9(2)20-21(10(8)3)15-17-6-11(7-18-15)19-14(22)12-4-5-13(16)23-12/h4-7H,1-3H3,(H,19,22). The molecule has 0 saturated carbocycles. The lowest BCUT2D eigenvalue weighted by molar-refractivity contribution is 0.0995. The average molecular weight is 376 g/mol. The summed E-state index contributed by atoms with van der Waals surface area (Å²) in [5.74, 6) is 0.293. The molecule has 8 heteroatoms. The molecule has 3 aromatic heterocycles. The molecular formula is C15H14BrN5O2. The van der Waals surface area contributed by atoms with E-state index in [9.17, 15) is 4.79 Å². The maximum atomic E-state index is 12.0. The molecule has 0 aliphatic heterocycles. The van der Waals surface area contributed by atoms with Gasteiger partial charge in [0.25, 0.3) is 11.9 Å². The topological polar surface area (TPSA) is 85.8 Å². The molecule has 3 aromatic rings. The number of carbonyl (C=O) groups is 1. The number of hydrogen-bond donors (Lipinski definition) is 1. The van der Waals surface area contributed by atoms with Crippen LogP contribution in [0.25, 0.3) is 5.95 Å². The summed E-state index contributed by atoms with van der Waals surface area (Å²) in [4.78, 5) is 20.5. The van der Waals surface area contributed by atoms with Crippen molar-refractivity contribution in [1.29, 1.82) is 0 Å². The van der Waals surface area contributed by atoms with Gasteiger partial charge in [0, 0.05) is 5.69 Å². The molecule has 118 valence electrons. The zero-order chi connectivity index (χ0) is 16.6. The molecule has 0 aromatic carbocycles. The Bertz CT molecular complexity index is 867. The second kappa shape index (κ2) is 5.96. The summed E-state index contributed by atoms with van der Waals surface area (Å²) < 4.78 is 7.37. The van der Waals surface area contributed by atoms with Gasteiger partial charge in [-0.1, -0.05) is 0 Å². The zero-order valence-corrected chi connectivity index (χ0v) is 14.4. The molecule has 0 aliphatic carbocycles. The number of aromatic nitrogens is 4. The lowest BCUT2D eigenvalue weighted by Gasteiger charge is -2.05. The highest BCUT2D eigenvalue weighted by Crippen LogP contribution is 2.17. The van der Waals surface area contributed by atoms with Gasteiger partial charge in [-0.25, -0.2) is 14.6 Å². The summed E-state index contributed by atoms with van der Waals surface area (Å²) in [5, 5.41) is 7.08. The minimum atomic E-state index is -0.367. The van der Waals surface area contributed by atoms with Crippen LogP contribution in [0.2, 0.25) is 0 Å². The number of halogens is 1. The maximum absolute atomic E-state index is 12.0. The van der Waals surface area contributed by atoms with Gasteiger partial charge in [-0.2, -0.15) is 5.10 Å². The second-order valence-electron chi connectivity index (χ2n) is 5.04. The molecule has 1 N–H and O–H groups in total. The van der Waals surface area contributed by atoms with Gasteiger partial charge in [0.05, 0.1) is 23.8 Å². The van der Waals surface area contributed by atoms with E-state index in [0.717, 1.165) is 17.0 Å². The summed E-state index contributed by atoms with van der Waals surface area (Å²) in [7, 11) is 0. The van der Waals surface area contributed by atoms with Gasteiger partial charge in [0.1, 0.15) is 0 Å². The molecular weight excluding hydrogens is 362 g/mol. The first-order valence-corrected chi connectivity index (χ1v) is 7.67. The van der Waals surface area contributed by atoms with E-state index in [1.54, 1.807) is 16.8 Å². The number of furan rings is 1. The summed E-state index contributed by atoms with van der Waals surface area (Å²) in [6.45, 7) is 5.91. The van der Waals surface area contributed by atoms with Crippen molar-refractivity contribution in [3.8, 4) is 5.95 Å². The van der Waals surface area contributed by atoms with Crippen LogP contribution >= 0.6 is 15.9 Å². The van der Waals surface area contributed by atoms with Crippen molar-refractivity contribution in [2.24, 2.45) is 0 Å². The summed E-state index contributed by atoms with van der Waals surface area (Å²) in [6.07, 6.45) is 3.06. The van der Waals surface area contributed by atoms with E-state index in [1.807, 2.05) is 20.8 Å². The first-order chi connectivity index (χ1) is 11.0. The number of aryl methyl sites for hydroxylation is 1.